The summed E-state index contributed by atoms with van der Waals surface area (Å²) in [4.78, 5) is 39.9. The zero-order valence-corrected chi connectivity index (χ0v) is 17.7. The number of aliphatic hydroxyl groups excluding tert-OH is 1. The van der Waals surface area contributed by atoms with Crippen LogP contribution in [0.2, 0.25) is 0 Å². The molecular weight excluding hydrogens is 398 g/mol. The van der Waals surface area contributed by atoms with Gasteiger partial charge in [0.1, 0.15) is 5.76 Å². The molecule has 3 rings (SSSR count). The molecule has 0 aromatic heterocycles. The second-order valence-corrected chi connectivity index (χ2v) is 7.81. The minimum atomic E-state index is -0.790. The highest BCUT2D eigenvalue weighted by Crippen LogP contribution is 2.40. The zero-order valence-electron chi connectivity index (χ0n) is 17.7. The lowest BCUT2D eigenvalue weighted by Gasteiger charge is -2.27. The van der Waals surface area contributed by atoms with E-state index < -0.39 is 28.4 Å². The number of aryl methyl sites for hydroxylation is 1. The molecule has 1 unspecified atom stereocenters. The Kier molecular flexibility index (Phi) is 6.50. The van der Waals surface area contributed by atoms with E-state index in [4.69, 9.17) is 0 Å². The molecule has 1 heterocycles. The van der Waals surface area contributed by atoms with Crippen LogP contribution in [0.3, 0.4) is 0 Å². The van der Waals surface area contributed by atoms with Crippen LogP contribution in [0.4, 0.5) is 5.69 Å². The van der Waals surface area contributed by atoms with Crippen molar-refractivity contribution in [1.29, 1.82) is 0 Å². The molecule has 0 aliphatic carbocycles. The van der Waals surface area contributed by atoms with Gasteiger partial charge in [-0.25, -0.2) is 0 Å². The molecule has 31 heavy (non-hydrogen) atoms. The van der Waals surface area contributed by atoms with Gasteiger partial charge in [0.2, 0.25) is 0 Å². The summed E-state index contributed by atoms with van der Waals surface area (Å²) in [6.45, 7) is 2.95. The molecule has 1 saturated heterocycles. The molecule has 0 saturated carbocycles. The fourth-order valence-corrected chi connectivity index (χ4v) is 3.81. The van der Waals surface area contributed by atoms with E-state index in [0.29, 0.717) is 13.0 Å². The number of non-ortho nitro benzene ring substituents is 1. The van der Waals surface area contributed by atoms with Crippen molar-refractivity contribution in [1.82, 2.24) is 9.80 Å². The Balaban J connectivity index is 2.14. The first-order chi connectivity index (χ1) is 14.7. The van der Waals surface area contributed by atoms with Crippen molar-refractivity contribution >= 4 is 23.1 Å². The zero-order chi connectivity index (χ0) is 22.7. The van der Waals surface area contributed by atoms with Crippen LogP contribution >= 0.6 is 0 Å². The van der Waals surface area contributed by atoms with E-state index in [1.165, 1.54) is 29.2 Å². The van der Waals surface area contributed by atoms with E-state index in [0.717, 1.165) is 17.7 Å². The molecule has 1 aliphatic rings. The highest BCUT2D eigenvalue weighted by atomic mass is 16.6. The van der Waals surface area contributed by atoms with Gasteiger partial charge in [-0.05, 0) is 45.1 Å². The highest BCUT2D eigenvalue weighted by molar-refractivity contribution is 6.46. The Hall–Kier alpha value is -3.52. The second kappa shape index (κ2) is 9.09. The van der Waals surface area contributed by atoms with Crippen LogP contribution in [-0.2, 0) is 9.59 Å². The summed E-state index contributed by atoms with van der Waals surface area (Å²) in [5, 5.41) is 22.2. The summed E-state index contributed by atoms with van der Waals surface area (Å²) < 4.78 is 0. The molecule has 0 bridgehead atoms. The lowest BCUT2D eigenvalue weighted by Crippen LogP contribution is -2.32. The highest BCUT2D eigenvalue weighted by Gasteiger charge is 2.46. The molecule has 8 heteroatoms. The number of hydrogen-bond acceptors (Lipinski definition) is 6. The molecule has 8 nitrogen and oxygen atoms in total. The number of nitrogens with zero attached hydrogens (tertiary/aromatic N) is 3. The number of nitro benzene ring substituents is 1. The second-order valence-electron chi connectivity index (χ2n) is 7.81. The summed E-state index contributed by atoms with van der Waals surface area (Å²) in [6, 6.07) is 12.0. The number of aliphatic hydroxyl groups is 1. The van der Waals surface area contributed by atoms with E-state index in [2.05, 4.69) is 0 Å². The Bertz CT molecular complexity index is 1060. The van der Waals surface area contributed by atoms with E-state index in [1.54, 1.807) is 0 Å². The van der Waals surface area contributed by atoms with Gasteiger partial charge in [-0.1, -0.05) is 36.4 Å². The molecule has 0 radical (unpaired) electrons. The third-order valence-electron chi connectivity index (χ3n) is 5.36. The SMILES string of the molecule is Cc1ccccc1C1/C(=C(\O)c2cccc([N+](=O)[O-])c2)C(=O)C(=O)N1CCCN(C)C. The Morgan fingerprint density at radius 1 is 1.16 bits per heavy atom. The average molecular weight is 423 g/mol. The summed E-state index contributed by atoms with van der Waals surface area (Å²) in [5.74, 6) is -1.88. The third kappa shape index (κ3) is 4.49. The van der Waals surface area contributed by atoms with Crippen LogP contribution in [0.15, 0.2) is 54.1 Å². The minimum Gasteiger partial charge on any atom is -0.507 e. The fourth-order valence-electron chi connectivity index (χ4n) is 3.81. The maximum absolute atomic E-state index is 13.0. The van der Waals surface area contributed by atoms with Crippen molar-refractivity contribution in [3.05, 3.63) is 80.9 Å². The van der Waals surface area contributed by atoms with E-state index >= 15 is 0 Å². The van der Waals surface area contributed by atoms with Crippen LogP contribution in [0, 0.1) is 17.0 Å². The Labute approximate surface area is 180 Å². The first-order valence-corrected chi connectivity index (χ1v) is 9.96. The number of benzene rings is 2. The quantitative estimate of drug-likeness (QED) is 0.241. The summed E-state index contributed by atoms with van der Waals surface area (Å²) in [6.07, 6.45) is 0.652. The molecule has 2 aromatic carbocycles. The monoisotopic (exact) mass is 423 g/mol. The number of hydrogen-bond donors (Lipinski definition) is 1. The van der Waals surface area contributed by atoms with Crippen molar-refractivity contribution in [2.75, 3.05) is 27.2 Å². The molecule has 162 valence electrons. The molecule has 0 spiro atoms. The van der Waals surface area contributed by atoms with Gasteiger partial charge in [0.15, 0.2) is 0 Å². The van der Waals surface area contributed by atoms with Gasteiger partial charge >= 0.3 is 0 Å². The number of carbonyl (C=O) groups excluding carboxylic acids is 2. The number of nitro groups is 1. The van der Waals surface area contributed by atoms with Crippen molar-refractivity contribution in [2.45, 2.75) is 19.4 Å². The van der Waals surface area contributed by atoms with Crippen molar-refractivity contribution in [3.8, 4) is 0 Å². The normalized spacial score (nSPS) is 18.1. The molecule has 1 aliphatic heterocycles. The predicted octanol–water partition coefficient (Wildman–Crippen LogP) is 3.28. The van der Waals surface area contributed by atoms with Gasteiger partial charge in [-0.2, -0.15) is 0 Å². The first kappa shape index (κ1) is 22.2. The first-order valence-electron chi connectivity index (χ1n) is 9.96. The minimum absolute atomic E-state index is 0.0512. The van der Waals surface area contributed by atoms with Gasteiger partial charge in [-0.3, -0.25) is 19.7 Å². The van der Waals surface area contributed by atoms with Gasteiger partial charge in [0, 0.05) is 24.2 Å². The maximum atomic E-state index is 13.0. The van der Waals surface area contributed by atoms with Crippen molar-refractivity contribution in [2.24, 2.45) is 0 Å². The number of rotatable bonds is 7. The smallest absolute Gasteiger partial charge is 0.295 e. The summed E-state index contributed by atoms with van der Waals surface area (Å²) in [5.41, 5.74) is 1.47. The van der Waals surface area contributed by atoms with Crippen molar-refractivity contribution in [3.63, 3.8) is 0 Å². The molecule has 1 fully saturated rings. The summed E-state index contributed by atoms with van der Waals surface area (Å²) in [7, 11) is 3.85. The summed E-state index contributed by atoms with van der Waals surface area (Å²) >= 11 is 0. The van der Waals surface area contributed by atoms with Crippen LogP contribution < -0.4 is 0 Å². The Morgan fingerprint density at radius 2 is 1.87 bits per heavy atom. The van der Waals surface area contributed by atoms with Crippen LogP contribution in [0.1, 0.15) is 29.2 Å². The third-order valence-corrected chi connectivity index (χ3v) is 5.36. The van der Waals surface area contributed by atoms with Gasteiger partial charge < -0.3 is 14.9 Å². The number of ketones is 1. The number of likely N-dealkylation sites (tertiary alicyclic amines) is 1. The van der Waals surface area contributed by atoms with Crippen LogP contribution in [-0.4, -0.2) is 58.7 Å². The van der Waals surface area contributed by atoms with Crippen LogP contribution in [0.5, 0.6) is 0 Å². The lowest BCUT2D eigenvalue weighted by atomic mass is 9.92. The molecule has 1 amide bonds. The number of Topliss-reactive ketones (excluding diaryl/α,β-unsaturated/α-hetero) is 1. The molecule has 2 aromatic rings. The average Bonchev–Trinajstić information content (AvgIpc) is 2.98. The van der Waals surface area contributed by atoms with E-state index in [-0.39, 0.29) is 16.8 Å². The largest absolute Gasteiger partial charge is 0.507 e. The molecule has 1 atom stereocenters. The van der Waals surface area contributed by atoms with Gasteiger partial charge in [0.25, 0.3) is 17.4 Å². The van der Waals surface area contributed by atoms with Gasteiger partial charge in [0.05, 0.1) is 16.5 Å². The molecule has 1 N–H and O–H groups in total. The number of amides is 1. The number of carbonyl (C=O) groups is 2. The van der Waals surface area contributed by atoms with Crippen LogP contribution in [0.25, 0.3) is 5.76 Å². The Morgan fingerprint density at radius 3 is 2.52 bits per heavy atom. The van der Waals surface area contributed by atoms with Gasteiger partial charge in [-0.15, -0.1) is 0 Å². The maximum Gasteiger partial charge on any atom is 0.295 e. The lowest BCUT2D eigenvalue weighted by molar-refractivity contribution is -0.384. The fraction of sp³-hybridized carbons (Fsp3) is 0.304. The van der Waals surface area contributed by atoms with Crippen molar-refractivity contribution < 1.29 is 19.6 Å². The predicted molar refractivity (Wildman–Crippen MR) is 116 cm³/mol. The van der Waals surface area contributed by atoms with E-state index in [9.17, 15) is 24.8 Å². The standard InChI is InChI=1S/C23H25N3O5/c1-15-8-4-5-11-18(15)20-19(21(27)16-9-6-10-17(14-16)26(30)31)22(28)23(29)25(20)13-7-12-24(2)3/h4-6,8-11,14,20,27H,7,12-13H2,1-3H3/b21-19+. The van der Waals surface area contributed by atoms with E-state index in [1.807, 2.05) is 50.2 Å². The topological polar surface area (TPSA) is 104 Å². The molecular formula is C23H25N3O5.